The molecule has 120 valence electrons. The fraction of sp³-hybridized carbons (Fsp3) is 0.400. The topological polar surface area (TPSA) is 56.9 Å². The molecule has 0 saturated carbocycles. The molecule has 7 heteroatoms. The lowest BCUT2D eigenvalue weighted by atomic mass is 10.2. The minimum atomic E-state index is -0.169. The maximum absolute atomic E-state index is 12.4. The zero-order valence-corrected chi connectivity index (χ0v) is 15.9. The summed E-state index contributed by atoms with van der Waals surface area (Å²) in [6.07, 6.45) is 0.894. The van der Waals surface area contributed by atoms with Crippen molar-refractivity contribution in [3.05, 3.63) is 26.8 Å². The summed E-state index contributed by atoms with van der Waals surface area (Å²) in [6, 6.07) is 3.30. The molecular formula is C15H18Br2N2O3. The molecule has 5 nitrogen and oxygen atoms in total. The van der Waals surface area contributed by atoms with Gasteiger partial charge in [0.15, 0.2) is 5.76 Å². The third kappa shape index (κ3) is 3.64. The molecule has 22 heavy (non-hydrogen) atoms. The summed E-state index contributed by atoms with van der Waals surface area (Å²) in [5.41, 5.74) is 0.543. The number of rotatable bonds is 5. The van der Waals surface area contributed by atoms with Gasteiger partial charge in [0, 0.05) is 19.0 Å². The van der Waals surface area contributed by atoms with E-state index in [1.54, 1.807) is 24.1 Å². The summed E-state index contributed by atoms with van der Waals surface area (Å²) in [4.78, 5) is 16.1. The number of phenols is 1. The van der Waals surface area contributed by atoms with Crippen LogP contribution in [0.1, 0.15) is 17.0 Å². The Morgan fingerprint density at radius 3 is 2.55 bits per heavy atom. The summed E-state index contributed by atoms with van der Waals surface area (Å²) in [7, 11) is 5.76. The fourth-order valence-corrected chi connectivity index (χ4v) is 3.31. The van der Waals surface area contributed by atoms with E-state index in [9.17, 15) is 9.90 Å². The van der Waals surface area contributed by atoms with Crippen molar-refractivity contribution < 1.29 is 14.3 Å². The number of carbonyl (C=O) groups excluding carboxylic acids is 1. The molecule has 1 heterocycles. The van der Waals surface area contributed by atoms with Gasteiger partial charge in [0.05, 0.1) is 8.95 Å². The zero-order chi connectivity index (χ0) is 16.4. The van der Waals surface area contributed by atoms with Crippen LogP contribution in [0.3, 0.4) is 0 Å². The second kappa shape index (κ2) is 7.02. The second-order valence-electron chi connectivity index (χ2n) is 5.43. The molecule has 0 fully saturated rings. The van der Waals surface area contributed by atoms with E-state index in [-0.39, 0.29) is 17.4 Å². The van der Waals surface area contributed by atoms with Gasteiger partial charge in [-0.1, -0.05) is 0 Å². The SMILES string of the molecule is CN(C)CCCN(C)C(=O)c1cc2c(Br)c(O)c(Br)cc2o1. The lowest BCUT2D eigenvalue weighted by Crippen LogP contribution is -2.29. The molecule has 0 unspecified atom stereocenters. The average molecular weight is 434 g/mol. The Morgan fingerprint density at radius 2 is 1.91 bits per heavy atom. The molecule has 0 spiro atoms. The Hall–Kier alpha value is -1.05. The van der Waals surface area contributed by atoms with Gasteiger partial charge in [-0.25, -0.2) is 0 Å². The maximum atomic E-state index is 12.4. The molecule has 0 aliphatic rings. The van der Waals surface area contributed by atoms with Crippen LogP contribution >= 0.6 is 31.9 Å². The molecule has 0 atom stereocenters. The first-order chi connectivity index (χ1) is 10.3. The van der Waals surface area contributed by atoms with E-state index in [1.807, 2.05) is 14.1 Å². The summed E-state index contributed by atoms with van der Waals surface area (Å²) < 4.78 is 6.64. The van der Waals surface area contributed by atoms with Crippen molar-refractivity contribution in [3.63, 3.8) is 0 Å². The van der Waals surface area contributed by atoms with E-state index < -0.39 is 0 Å². The van der Waals surface area contributed by atoms with E-state index in [2.05, 4.69) is 36.8 Å². The highest BCUT2D eigenvalue weighted by Gasteiger charge is 2.19. The van der Waals surface area contributed by atoms with Crippen LogP contribution in [0.4, 0.5) is 0 Å². The van der Waals surface area contributed by atoms with Crippen LogP contribution in [0.15, 0.2) is 25.5 Å². The Labute approximate surface area is 146 Å². The van der Waals surface area contributed by atoms with Crippen molar-refractivity contribution in [1.29, 1.82) is 0 Å². The fourth-order valence-electron chi connectivity index (χ4n) is 2.12. The minimum Gasteiger partial charge on any atom is -0.506 e. The molecule has 1 N–H and O–H groups in total. The molecule has 0 bridgehead atoms. The Bertz CT molecular complexity index is 698. The quantitative estimate of drug-likeness (QED) is 0.781. The number of hydrogen-bond donors (Lipinski definition) is 1. The van der Waals surface area contributed by atoms with Gasteiger partial charge in [0.25, 0.3) is 5.91 Å². The van der Waals surface area contributed by atoms with E-state index in [0.29, 0.717) is 26.5 Å². The number of halogens is 2. The van der Waals surface area contributed by atoms with Gasteiger partial charge in [0.1, 0.15) is 11.3 Å². The number of carbonyl (C=O) groups is 1. The summed E-state index contributed by atoms with van der Waals surface area (Å²) in [5.74, 6) is 0.185. The van der Waals surface area contributed by atoms with E-state index in [1.165, 1.54) is 0 Å². The average Bonchev–Trinajstić information content (AvgIpc) is 2.87. The van der Waals surface area contributed by atoms with Crippen LogP contribution in [0.2, 0.25) is 0 Å². The van der Waals surface area contributed by atoms with Gasteiger partial charge in [-0.3, -0.25) is 4.79 Å². The third-order valence-corrected chi connectivity index (χ3v) is 4.75. The molecule has 2 rings (SSSR count). The first-order valence-electron chi connectivity index (χ1n) is 6.82. The lowest BCUT2D eigenvalue weighted by Gasteiger charge is -2.17. The van der Waals surface area contributed by atoms with Crippen molar-refractivity contribution in [2.75, 3.05) is 34.2 Å². The molecule has 0 radical (unpaired) electrons. The first-order valence-corrected chi connectivity index (χ1v) is 8.40. The largest absolute Gasteiger partial charge is 0.506 e. The maximum Gasteiger partial charge on any atom is 0.289 e. The highest BCUT2D eigenvalue weighted by molar-refractivity contribution is 9.11. The third-order valence-electron chi connectivity index (χ3n) is 3.35. The Balaban J connectivity index is 2.20. The predicted molar refractivity (Wildman–Crippen MR) is 93.4 cm³/mol. The number of benzene rings is 1. The van der Waals surface area contributed by atoms with Gasteiger partial charge < -0.3 is 19.3 Å². The number of phenolic OH excluding ortho intramolecular Hbond substituents is 1. The molecule has 2 aromatic rings. The number of fused-ring (bicyclic) bond motifs is 1. The molecule has 1 aromatic carbocycles. The van der Waals surface area contributed by atoms with Gasteiger partial charge in [-0.05, 0) is 71.1 Å². The van der Waals surface area contributed by atoms with Crippen molar-refractivity contribution in [2.45, 2.75) is 6.42 Å². The number of nitrogens with zero attached hydrogens (tertiary/aromatic N) is 2. The van der Waals surface area contributed by atoms with Gasteiger partial charge >= 0.3 is 0 Å². The normalized spacial score (nSPS) is 11.4. The van der Waals surface area contributed by atoms with Gasteiger partial charge in [0.2, 0.25) is 0 Å². The smallest absolute Gasteiger partial charge is 0.289 e. The predicted octanol–water partition coefficient (Wildman–Crippen LogP) is 3.69. The highest BCUT2D eigenvalue weighted by atomic mass is 79.9. The minimum absolute atomic E-state index is 0.0895. The summed E-state index contributed by atoms with van der Waals surface area (Å²) in [6.45, 7) is 1.58. The van der Waals surface area contributed by atoms with Crippen molar-refractivity contribution in [1.82, 2.24) is 9.80 Å². The lowest BCUT2D eigenvalue weighted by molar-refractivity contribution is 0.0761. The van der Waals surface area contributed by atoms with Crippen LogP contribution < -0.4 is 0 Å². The number of hydrogen-bond acceptors (Lipinski definition) is 4. The number of aromatic hydroxyl groups is 1. The Morgan fingerprint density at radius 1 is 1.23 bits per heavy atom. The summed E-state index contributed by atoms with van der Waals surface area (Å²) in [5, 5.41) is 10.6. The molecular weight excluding hydrogens is 416 g/mol. The Kier molecular flexibility index (Phi) is 5.52. The zero-order valence-electron chi connectivity index (χ0n) is 12.7. The van der Waals surface area contributed by atoms with Gasteiger partial charge in [-0.15, -0.1) is 0 Å². The van der Waals surface area contributed by atoms with Crippen LogP contribution in [-0.4, -0.2) is 55.0 Å². The molecule has 1 amide bonds. The monoisotopic (exact) mass is 432 g/mol. The summed E-state index contributed by atoms with van der Waals surface area (Å²) >= 11 is 6.57. The molecule has 0 aliphatic carbocycles. The van der Waals surface area contributed by atoms with E-state index >= 15 is 0 Å². The molecule has 1 aromatic heterocycles. The van der Waals surface area contributed by atoms with Crippen LogP contribution in [0.25, 0.3) is 11.0 Å². The second-order valence-corrected chi connectivity index (χ2v) is 7.07. The number of amides is 1. The standard InChI is InChI=1S/C15H18Br2N2O3/c1-18(2)5-4-6-19(3)15(21)12-7-9-11(22-12)8-10(16)14(20)13(9)17/h7-8,20H,4-6H2,1-3H3. The van der Waals surface area contributed by atoms with Crippen molar-refractivity contribution >= 4 is 48.7 Å². The molecule has 0 aliphatic heterocycles. The highest BCUT2D eigenvalue weighted by Crippen LogP contribution is 2.40. The van der Waals surface area contributed by atoms with E-state index in [0.717, 1.165) is 13.0 Å². The van der Waals surface area contributed by atoms with Crippen LogP contribution in [0, 0.1) is 0 Å². The van der Waals surface area contributed by atoms with Crippen molar-refractivity contribution in [3.8, 4) is 5.75 Å². The first kappa shape index (κ1) is 17.3. The molecule has 0 saturated heterocycles. The van der Waals surface area contributed by atoms with E-state index in [4.69, 9.17) is 4.42 Å². The van der Waals surface area contributed by atoms with Crippen LogP contribution in [-0.2, 0) is 0 Å². The van der Waals surface area contributed by atoms with Crippen molar-refractivity contribution in [2.24, 2.45) is 0 Å². The van der Waals surface area contributed by atoms with Crippen LogP contribution in [0.5, 0.6) is 5.75 Å². The van der Waals surface area contributed by atoms with Gasteiger partial charge in [-0.2, -0.15) is 0 Å². The number of furan rings is 1.